The fourth-order valence-electron chi connectivity index (χ4n) is 1.68. The minimum absolute atomic E-state index is 0.808. The van der Waals surface area contributed by atoms with Crippen molar-refractivity contribution in [1.82, 2.24) is 0 Å². The van der Waals surface area contributed by atoms with Gasteiger partial charge in [0.1, 0.15) is 0 Å². The predicted octanol–water partition coefficient (Wildman–Crippen LogP) is 2.69. The van der Waals surface area contributed by atoms with E-state index in [-0.39, 0.29) is 0 Å². The molecule has 3 heteroatoms. The molecule has 1 atom stereocenters. The molecule has 0 aromatic carbocycles. The molecule has 0 aliphatic carbocycles. The maximum Gasteiger partial charge on any atom is 0.334 e. The van der Waals surface area contributed by atoms with Crippen LogP contribution in [0.1, 0.15) is 32.6 Å². The van der Waals surface area contributed by atoms with Gasteiger partial charge in [-0.25, -0.2) is 0 Å². The van der Waals surface area contributed by atoms with Crippen molar-refractivity contribution in [3.8, 4) is 0 Å². The Labute approximate surface area is 76.5 Å². The van der Waals surface area contributed by atoms with Crippen LogP contribution in [0.3, 0.4) is 0 Å². The molecule has 2 nitrogen and oxygen atoms in total. The van der Waals surface area contributed by atoms with Gasteiger partial charge >= 0.3 is 8.56 Å². The van der Waals surface area contributed by atoms with Gasteiger partial charge in [-0.1, -0.05) is 19.3 Å². The molecule has 1 fully saturated rings. The molecule has 0 N–H and O–H groups in total. The highest BCUT2D eigenvalue weighted by Crippen LogP contribution is 2.21. The summed E-state index contributed by atoms with van der Waals surface area (Å²) in [4.78, 5) is 0. The Morgan fingerprint density at radius 2 is 2.00 bits per heavy atom. The van der Waals surface area contributed by atoms with Gasteiger partial charge in [-0.05, 0) is 25.9 Å². The molecule has 1 aliphatic rings. The van der Waals surface area contributed by atoms with Crippen molar-refractivity contribution < 1.29 is 8.85 Å². The van der Waals surface area contributed by atoms with Gasteiger partial charge in [-0.2, -0.15) is 0 Å². The number of hydrogen-bond acceptors (Lipinski definition) is 2. The average Bonchev–Trinajstić information content (AvgIpc) is 1.99. The lowest BCUT2D eigenvalue weighted by atomic mass is 10.2. The van der Waals surface area contributed by atoms with Crippen molar-refractivity contribution in [2.75, 3.05) is 13.2 Å². The zero-order valence-electron chi connectivity index (χ0n) is 8.27. The molecule has 1 rings (SSSR count). The third kappa shape index (κ3) is 3.25. The van der Waals surface area contributed by atoms with Crippen LogP contribution < -0.4 is 0 Å². The minimum Gasteiger partial charge on any atom is -0.395 e. The third-order valence-corrected chi connectivity index (χ3v) is 5.36. The van der Waals surface area contributed by atoms with Gasteiger partial charge in [-0.15, -0.1) is 0 Å². The highest BCUT2D eigenvalue weighted by atomic mass is 28.4. The monoisotopic (exact) mass is 188 g/mol. The maximum atomic E-state index is 5.83. The summed E-state index contributed by atoms with van der Waals surface area (Å²) in [6.45, 7) is 5.98. The average molecular weight is 188 g/mol. The molecular formula is C9H20O2Si. The van der Waals surface area contributed by atoms with Crippen LogP contribution in [0.25, 0.3) is 0 Å². The second kappa shape index (κ2) is 4.99. The van der Waals surface area contributed by atoms with Gasteiger partial charge in [0.15, 0.2) is 0 Å². The van der Waals surface area contributed by atoms with E-state index in [0.29, 0.717) is 0 Å². The van der Waals surface area contributed by atoms with Crippen molar-refractivity contribution in [3.63, 3.8) is 0 Å². The van der Waals surface area contributed by atoms with Crippen molar-refractivity contribution in [3.05, 3.63) is 0 Å². The van der Waals surface area contributed by atoms with E-state index in [1.807, 2.05) is 0 Å². The van der Waals surface area contributed by atoms with Crippen LogP contribution in [-0.2, 0) is 8.85 Å². The molecule has 72 valence electrons. The summed E-state index contributed by atoms with van der Waals surface area (Å²) in [7, 11) is -1.72. The molecule has 0 saturated carbocycles. The zero-order valence-corrected chi connectivity index (χ0v) is 9.27. The van der Waals surface area contributed by atoms with E-state index in [0.717, 1.165) is 13.2 Å². The first-order valence-electron chi connectivity index (χ1n) is 5.05. The molecule has 0 amide bonds. The van der Waals surface area contributed by atoms with E-state index in [4.69, 9.17) is 8.85 Å². The summed E-state index contributed by atoms with van der Waals surface area (Å²) in [5, 5.41) is 0. The lowest BCUT2D eigenvalue weighted by Crippen LogP contribution is -2.39. The highest BCUT2D eigenvalue weighted by Gasteiger charge is 2.30. The van der Waals surface area contributed by atoms with E-state index in [1.54, 1.807) is 0 Å². The molecule has 1 saturated heterocycles. The molecule has 0 radical (unpaired) electrons. The van der Waals surface area contributed by atoms with E-state index >= 15 is 0 Å². The van der Waals surface area contributed by atoms with Crippen LogP contribution in [0.2, 0.25) is 12.6 Å². The molecule has 0 spiro atoms. The van der Waals surface area contributed by atoms with Gasteiger partial charge in [0.05, 0.1) is 0 Å². The topological polar surface area (TPSA) is 18.5 Å². The number of rotatable bonds is 2. The third-order valence-electron chi connectivity index (χ3n) is 2.38. The van der Waals surface area contributed by atoms with E-state index in [2.05, 4.69) is 13.5 Å². The van der Waals surface area contributed by atoms with Crippen LogP contribution in [0.15, 0.2) is 0 Å². The second-order valence-electron chi connectivity index (χ2n) is 3.58. The normalized spacial score (nSPS) is 32.5. The lowest BCUT2D eigenvalue weighted by molar-refractivity contribution is 0.171. The van der Waals surface area contributed by atoms with Crippen LogP contribution >= 0.6 is 0 Å². The van der Waals surface area contributed by atoms with E-state index in [1.165, 1.54) is 31.7 Å². The Kier molecular flexibility index (Phi) is 4.25. The summed E-state index contributed by atoms with van der Waals surface area (Å²) in [6.07, 6.45) is 5.20. The van der Waals surface area contributed by atoms with Crippen LogP contribution in [0.5, 0.6) is 0 Å². The summed E-state index contributed by atoms with van der Waals surface area (Å²) < 4.78 is 11.6. The molecule has 1 heterocycles. The van der Waals surface area contributed by atoms with Crippen LogP contribution in [0.4, 0.5) is 0 Å². The van der Waals surface area contributed by atoms with Crippen LogP contribution in [-0.4, -0.2) is 21.8 Å². The summed E-state index contributed by atoms with van der Waals surface area (Å²) >= 11 is 0. The molecular weight excluding hydrogens is 168 g/mol. The summed E-state index contributed by atoms with van der Waals surface area (Å²) in [5.41, 5.74) is 0. The van der Waals surface area contributed by atoms with E-state index in [9.17, 15) is 0 Å². The fraction of sp³-hybridized carbons (Fsp3) is 1.00. The Balaban J connectivity index is 2.36. The Bertz CT molecular complexity index is 120. The predicted molar refractivity (Wildman–Crippen MR) is 52.5 cm³/mol. The Morgan fingerprint density at radius 1 is 1.25 bits per heavy atom. The Hall–Kier alpha value is 0.137. The Morgan fingerprint density at radius 3 is 2.75 bits per heavy atom. The molecule has 0 aromatic heterocycles. The summed E-state index contributed by atoms with van der Waals surface area (Å²) in [6, 6.07) is 1.18. The number of hydrogen-bond donors (Lipinski definition) is 0. The smallest absolute Gasteiger partial charge is 0.334 e. The first-order valence-corrected chi connectivity index (χ1v) is 7.57. The first-order chi connectivity index (χ1) is 5.77. The van der Waals surface area contributed by atoms with Crippen molar-refractivity contribution in [2.45, 2.75) is 45.2 Å². The highest BCUT2D eigenvalue weighted by molar-refractivity contribution is 6.66. The van der Waals surface area contributed by atoms with Gasteiger partial charge in [0, 0.05) is 13.2 Å². The van der Waals surface area contributed by atoms with Crippen molar-refractivity contribution in [2.24, 2.45) is 0 Å². The molecule has 1 aliphatic heterocycles. The largest absolute Gasteiger partial charge is 0.395 e. The van der Waals surface area contributed by atoms with Crippen molar-refractivity contribution in [1.29, 1.82) is 0 Å². The second-order valence-corrected chi connectivity index (χ2v) is 6.92. The molecule has 12 heavy (non-hydrogen) atoms. The SMILES string of the molecule is CCO[Si]1(C)CCCCCCO1. The van der Waals surface area contributed by atoms with Gasteiger partial charge in [0.2, 0.25) is 0 Å². The van der Waals surface area contributed by atoms with Gasteiger partial charge in [-0.3, -0.25) is 0 Å². The fourth-order valence-corrected chi connectivity index (χ4v) is 4.13. The molecule has 0 bridgehead atoms. The van der Waals surface area contributed by atoms with Gasteiger partial charge < -0.3 is 8.85 Å². The van der Waals surface area contributed by atoms with E-state index < -0.39 is 8.56 Å². The first kappa shape index (κ1) is 10.2. The summed E-state index contributed by atoms with van der Waals surface area (Å²) in [5.74, 6) is 0. The standard InChI is InChI=1S/C9H20O2Si/c1-3-10-12(2)9-7-5-4-6-8-11-12/h3-9H2,1-2H3. The quantitative estimate of drug-likeness (QED) is 0.620. The lowest BCUT2D eigenvalue weighted by Gasteiger charge is -2.28. The zero-order chi connectivity index (χ0) is 8.86. The van der Waals surface area contributed by atoms with Crippen LogP contribution in [0, 0.1) is 0 Å². The van der Waals surface area contributed by atoms with Gasteiger partial charge in [0.25, 0.3) is 0 Å². The maximum absolute atomic E-state index is 5.83. The minimum atomic E-state index is -1.72. The molecule has 0 aromatic rings. The molecule has 1 unspecified atom stereocenters. The van der Waals surface area contributed by atoms with Crippen molar-refractivity contribution >= 4 is 8.56 Å².